The molecule has 1 saturated carbocycles. The van der Waals surface area contributed by atoms with E-state index in [9.17, 15) is 5.21 Å². The monoisotopic (exact) mass is 303 g/mol. The number of hydrogen-bond acceptors (Lipinski definition) is 2. The molecular weight excluding hydrogens is 282 g/mol. The van der Waals surface area contributed by atoms with Gasteiger partial charge < -0.3 is 5.21 Å². The lowest BCUT2D eigenvalue weighted by Crippen LogP contribution is -2.36. The Morgan fingerprint density at radius 1 is 0.870 bits per heavy atom. The first-order chi connectivity index (χ1) is 11.4. The van der Waals surface area contributed by atoms with E-state index in [1.54, 1.807) is 0 Å². The first-order valence-corrected chi connectivity index (χ1v) is 8.42. The van der Waals surface area contributed by atoms with Crippen molar-refractivity contribution in [3.05, 3.63) is 77.9 Å². The van der Waals surface area contributed by atoms with Crippen LogP contribution < -0.4 is 0 Å². The average Bonchev–Trinajstić information content (AvgIpc) is 2.63. The molecule has 0 amide bonds. The highest BCUT2D eigenvalue weighted by Gasteiger charge is 2.40. The van der Waals surface area contributed by atoms with Crippen molar-refractivity contribution in [2.75, 3.05) is 0 Å². The molecule has 0 spiro atoms. The minimum atomic E-state index is 0.265. The molecule has 2 bridgehead atoms. The van der Waals surface area contributed by atoms with E-state index in [1.807, 2.05) is 6.07 Å². The molecule has 4 rings (SSSR count). The van der Waals surface area contributed by atoms with Gasteiger partial charge in [0.25, 0.3) is 0 Å². The molecule has 0 aliphatic heterocycles. The van der Waals surface area contributed by atoms with Gasteiger partial charge in [-0.25, -0.2) is 0 Å². The van der Waals surface area contributed by atoms with Crippen molar-refractivity contribution in [2.45, 2.75) is 25.2 Å². The van der Waals surface area contributed by atoms with E-state index >= 15 is 0 Å². The fraction of sp³-hybridized carbons (Fsp3) is 0.286. The third kappa shape index (κ3) is 2.48. The summed E-state index contributed by atoms with van der Waals surface area (Å²) in [6, 6.07) is 21.2. The number of allylic oxidation sites excluding steroid dienone is 2. The van der Waals surface area contributed by atoms with E-state index in [0.29, 0.717) is 11.8 Å². The van der Waals surface area contributed by atoms with Crippen LogP contribution in [0.5, 0.6) is 0 Å². The zero-order chi connectivity index (χ0) is 15.6. The molecule has 0 radical (unpaired) electrons. The molecule has 0 saturated heterocycles. The maximum Gasteiger partial charge on any atom is 0.0685 e. The molecule has 1 N–H and O–H groups in total. The molecule has 0 aromatic heterocycles. The first-order valence-electron chi connectivity index (χ1n) is 8.42. The van der Waals surface area contributed by atoms with Gasteiger partial charge in [-0.1, -0.05) is 78.3 Å². The molecule has 2 heteroatoms. The number of fused-ring (bicyclic) bond motifs is 2. The predicted molar refractivity (Wildman–Crippen MR) is 93.7 cm³/mol. The van der Waals surface area contributed by atoms with E-state index < -0.39 is 0 Å². The van der Waals surface area contributed by atoms with Crippen molar-refractivity contribution in [2.24, 2.45) is 17.0 Å². The number of rotatable bonds is 2. The van der Waals surface area contributed by atoms with Crippen LogP contribution in [0, 0.1) is 11.8 Å². The minimum Gasteiger partial charge on any atom is -0.411 e. The topological polar surface area (TPSA) is 32.6 Å². The van der Waals surface area contributed by atoms with Gasteiger partial charge in [-0.2, -0.15) is 0 Å². The summed E-state index contributed by atoms with van der Waals surface area (Å²) in [7, 11) is 0. The van der Waals surface area contributed by atoms with Gasteiger partial charge in [0, 0.05) is 17.8 Å². The highest BCUT2D eigenvalue weighted by Crippen LogP contribution is 2.48. The predicted octanol–water partition coefficient (Wildman–Crippen LogP) is 5.11. The van der Waals surface area contributed by atoms with Gasteiger partial charge in [0.1, 0.15) is 0 Å². The molecule has 0 heterocycles. The Balaban J connectivity index is 1.86. The number of oxime groups is 1. The molecule has 2 nitrogen and oxygen atoms in total. The molecule has 23 heavy (non-hydrogen) atoms. The molecule has 3 atom stereocenters. The molecule has 2 aromatic carbocycles. The standard InChI is InChI=1S/C21H21NO/c23-22-21-17-12-7-13-18(21)20(16-10-5-2-6-11-16)14-19(17)15-8-3-1-4-9-15/h1-6,8-11,14,17-19,23H,7,12-13H2/b22-21-/t17-,18-,19-/m0/s1. The minimum absolute atomic E-state index is 0.265. The van der Waals surface area contributed by atoms with E-state index in [0.717, 1.165) is 18.6 Å². The summed E-state index contributed by atoms with van der Waals surface area (Å²) in [5, 5.41) is 13.4. The summed E-state index contributed by atoms with van der Waals surface area (Å²) in [6.07, 6.45) is 5.81. The normalized spacial score (nSPS) is 28.4. The summed E-state index contributed by atoms with van der Waals surface area (Å²) in [4.78, 5) is 0. The molecule has 1 fully saturated rings. The van der Waals surface area contributed by atoms with Crippen molar-refractivity contribution >= 4 is 11.3 Å². The Kier molecular flexibility index (Phi) is 3.74. The van der Waals surface area contributed by atoms with Gasteiger partial charge in [-0.3, -0.25) is 0 Å². The maximum atomic E-state index is 9.69. The Labute approximate surface area is 137 Å². The summed E-state index contributed by atoms with van der Waals surface area (Å²) in [5.41, 5.74) is 4.86. The third-order valence-corrected chi connectivity index (χ3v) is 5.32. The summed E-state index contributed by atoms with van der Waals surface area (Å²) in [6.45, 7) is 0. The van der Waals surface area contributed by atoms with Gasteiger partial charge in [-0.05, 0) is 29.5 Å². The zero-order valence-corrected chi connectivity index (χ0v) is 13.1. The van der Waals surface area contributed by atoms with Crippen molar-refractivity contribution < 1.29 is 5.21 Å². The van der Waals surface area contributed by atoms with Gasteiger partial charge in [0.15, 0.2) is 0 Å². The smallest absolute Gasteiger partial charge is 0.0685 e. The van der Waals surface area contributed by atoms with Crippen LogP contribution in [-0.2, 0) is 0 Å². The van der Waals surface area contributed by atoms with Crippen LogP contribution in [0.4, 0.5) is 0 Å². The van der Waals surface area contributed by atoms with Crippen LogP contribution in [0.25, 0.3) is 5.57 Å². The first kappa shape index (κ1) is 14.3. The van der Waals surface area contributed by atoms with Crippen molar-refractivity contribution in [3.8, 4) is 0 Å². The van der Waals surface area contributed by atoms with Gasteiger partial charge in [-0.15, -0.1) is 0 Å². The summed E-state index contributed by atoms with van der Waals surface area (Å²) < 4.78 is 0. The largest absolute Gasteiger partial charge is 0.411 e. The van der Waals surface area contributed by atoms with Crippen LogP contribution in [0.3, 0.4) is 0 Å². The lowest BCUT2D eigenvalue weighted by molar-refractivity contribution is 0.301. The number of hydrogen-bond donors (Lipinski definition) is 1. The van der Waals surface area contributed by atoms with Crippen LogP contribution >= 0.6 is 0 Å². The molecule has 2 aromatic rings. The van der Waals surface area contributed by atoms with Crippen LogP contribution in [0.1, 0.15) is 36.3 Å². The van der Waals surface area contributed by atoms with E-state index in [2.05, 4.69) is 65.8 Å². The third-order valence-electron chi connectivity index (χ3n) is 5.32. The fourth-order valence-electron chi connectivity index (χ4n) is 4.28. The number of benzene rings is 2. The van der Waals surface area contributed by atoms with Crippen LogP contribution in [-0.4, -0.2) is 10.9 Å². The molecular formula is C21H21NO. The second kappa shape index (κ2) is 6.04. The summed E-state index contributed by atoms with van der Waals surface area (Å²) in [5.74, 6) is 0.892. The van der Waals surface area contributed by atoms with Crippen LogP contribution in [0.15, 0.2) is 71.9 Å². The lowest BCUT2D eigenvalue weighted by Gasteiger charge is -2.40. The second-order valence-corrected chi connectivity index (χ2v) is 6.54. The van der Waals surface area contributed by atoms with E-state index in [4.69, 9.17) is 0 Å². The highest BCUT2D eigenvalue weighted by molar-refractivity contribution is 6.01. The van der Waals surface area contributed by atoms with Gasteiger partial charge in [0.05, 0.1) is 5.71 Å². The Morgan fingerprint density at radius 2 is 1.57 bits per heavy atom. The van der Waals surface area contributed by atoms with Gasteiger partial charge >= 0.3 is 0 Å². The average molecular weight is 303 g/mol. The van der Waals surface area contributed by atoms with Gasteiger partial charge in [0.2, 0.25) is 0 Å². The number of nitrogens with zero attached hydrogens (tertiary/aromatic N) is 1. The zero-order valence-electron chi connectivity index (χ0n) is 13.1. The molecule has 2 aliphatic carbocycles. The van der Waals surface area contributed by atoms with Crippen molar-refractivity contribution in [1.29, 1.82) is 0 Å². The van der Waals surface area contributed by atoms with E-state index in [1.165, 1.54) is 23.1 Å². The fourth-order valence-corrected chi connectivity index (χ4v) is 4.28. The Morgan fingerprint density at radius 3 is 2.26 bits per heavy atom. The Hall–Kier alpha value is -2.35. The SMILES string of the molecule is O/N=C1/[C@H]2CCC[C@H]1C(c1ccccc1)=C[C@H]2c1ccccc1. The molecule has 0 unspecified atom stereocenters. The van der Waals surface area contributed by atoms with Crippen molar-refractivity contribution in [1.82, 2.24) is 0 Å². The van der Waals surface area contributed by atoms with E-state index in [-0.39, 0.29) is 5.92 Å². The maximum absolute atomic E-state index is 9.69. The quantitative estimate of drug-likeness (QED) is 0.606. The Bertz CT molecular complexity index is 733. The highest BCUT2D eigenvalue weighted by atomic mass is 16.4. The second-order valence-electron chi connectivity index (χ2n) is 6.54. The molecule has 2 aliphatic rings. The van der Waals surface area contributed by atoms with Crippen molar-refractivity contribution in [3.63, 3.8) is 0 Å². The van der Waals surface area contributed by atoms with Crippen LogP contribution in [0.2, 0.25) is 0 Å². The summed E-state index contributed by atoms with van der Waals surface area (Å²) >= 11 is 0. The molecule has 116 valence electrons. The lowest BCUT2D eigenvalue weighted by atomic mass is 9.63.